The highest BCUT2D eigenvalue weighted by Gasteiger charge is 2.21. The second-order valence-corrected chi connectivity index (χ2v) is 9.09. The van der Waals surface area contributed by atoms with Crippen molar-refractivity contribution in [3.8, 4) is 5.88 Å². The molecule has 9 nitrogen and oxygen atoms in total. The highest BCUT2D eigenvalue weighted by molar-refractivity contribution is 9.10. The number of rotatable bonds is 7. The van der Waals surface area contributed by atoms with Gasteiger partial charge in [-0.15, -0.1) is 5.10 Å². The maximum Gasteiger partial charge on any atom is 0.414 e. The van der Waals surface area contributed by atoms with E-state index in [-0.39, 0.29) is 11.7 Å². The molecular weight excluding hydrogens is 524 g/mol. The number of carbonyl (C=O) groups excluding carboxylic acids is 2. The largest absolute Gasteiger partial charge is 0.414 e. The van der Waals surface area contributed by atoms with E-state index in [1.54, 1.807) is 24.3 Å². The molecule has 3 N–H and O–H groups in total. The van der Waals surface area contributed by atoms with E-state index in [0.29, 0.717) is 27.5 Å². The summed E-state index contributed by atoms with van der Waals surface area (Å²) in [5.41, 5.74) is 1.51. The number of ether oxygens (including phenoxy) is 1. The third kappa shape index (κ3) is 6.06. The quantitative estimate of drug-likeness (QED) is 0.389. The van der Waals surface area contributed by atoms with Crippen molar-refractivity contribution in [2.75, 3.05) is 29.9 Å². The van der Waals surface area contributed by atoms with Gasteiger partial charge in [0.1, 0.15) is 10.3 Å². The molecule has 1 saturated heterocycles. The first kappa shape index (κ1) is 24.0. The van der Waals surface area contributed by atoms with Crippen molar-refractivity contribution >= 4 is 51.0 Å². The van der Waals surface area contributed by atoms with Crippen LogP contribution in [0.3, 0.4) is 0 Å². The van der Waals surface area contributed by atoms with Gasteiger partial charge in [-0.3, -0.25) is 14.9 Å². The number of piperidine rings is 1. The summed E-state index contributed by atoms with van der Waals surface area (Å²) in [6, 6.07) is 10.7. The number of carbonyl (C=O) groups is 2. The summed E-state index contributed by atoms with van der Waals surface area (Å²) >= 11 is 9.36. The number of hydrogen-bond acceptors (Lipinski definition) is 6. The molecule has 0 unspecified atom stereocenters. The second kappa shape index (κ2) is 11.3. The molecule has 1 aromatic carbocycles. The van der Waals surface area contributed by atoms with Gasteiger partial charge in [0.05, 0.1) is 10.6 Å². The number of aromatic amines is 1. The highest BCUT2D eigenvalue weighted by Crippen LogP contribution is 2.30. The molecule has 2 amide bonds. The van der Waals surface area contributed by atoms with Gasteiger partial charge in [0.25, 0.3) is 11.8 Å². The second-order valence-electron chi connectivity index (χ2n) is 7.89. The number of H-pyrrole nitrogens is 1. The molecule has 3 aromatic rings. The SMILES string of the molecule is O=C(NCCC1CCN(c2ccncc2)CC1)Oc1n[nH]c(NC(=O)c2ccccc2Cl)c1Br. The van der Waals surface area contributed by atoms with E-state index in [2.05, 4.69) is 46.6 Å². The van der Waals surface area contributed by atoms with Gasteiger partial charge in [-0.25, -0.2) is 4.79 Å². The van der Waals surface area contributed by atoms with Crippen molar-refractivity contribution < 1.29 is 14.3 Å². The molecular formula is C23H24BrClN6O3. The number of benzene rings is 1. The fraction of sp³-hybridized carbons (Fsp3) is 0.304. The van der Waals surface area contributed by atoms with Crippen LogP contribution in [-0.4, -0.2) is 46.8 Å². The van der Waals surface area contributed by atoms with Gasteiger partial charge < -0.3 is 20.3 Å². The van der Waals surface area contributed by atoms with E-state index < -0.39 is 12.0 Å². The monoisotopic (exact) mass is 546 g/mol. The molecule has 0 aliphatic carbocycles. The average molecular weight is 548 g/mol. The summed E-state index contributed by atoms with van der Waals surface area (Å²) in [7, 11) is 0. The first-order valence-corrected chi connectivity index (χ1v) is 12.1. The minimum absolute atomic E-state index is 0.0256. The average Bonchev–Trinajstić information content (AvgIpc) is 3.19. The van der Waals surface area contributed by atoms with Crippen molar-refractivity contribution in [1.29, 1.82) is 0 Å². The van der Waals surface area contributed by atoms with Crippen LogP contribution in [0.4, 0.5) is 16.3 Å². The number of nitrogens with one attached hydrogen (secondary N) is 3. The third-order valence-corrected chi connectivity index (χ3v) is 6.75. The van der Waals surface area contributed by atoms with E-state index in [9.17, 15) is 9.59 Å². The molecule has 0 spiro atoms. The summed E-state index contributed by atoms with van der Waals surface area (Å²) in [6.45, 7) is 2.49. The molecule has 1 aliphatic heterocycles. The van der Waals surface area contributed by atoms with Crippen molar-refractivity contribution in [3.05, 3.63) is 63.9 Å². The molecule has 0 atom stereocenters. The first-order chi connectivity index (χ1) is 16.5. The van der Waals surface area contributed by atoms with Gasteiger partial charge in [0.15, 0.2) is 0 Å². The lowest BCUT2D eigenvalue weighted by Crippen LogP contribution is -2.35. The number of aromatic nitrogens is 3. The van der Waals surface area contributed by atoms with Gasteiger partial charge >= 0.3 is 6.09 Å². The van der Waals surface area contributed by atoms with Crippen LogP contribution in [0.25, 0.3) is 0 Å². The van der Waals surface area contributed by atoms with E-state index in [1.807, 2.05) is 24.5 Å². The Balaban J connectivity index is 1.20. The van der Waals surface area contributed by atoms with Crippen LogP contribution >= 0.6 is 27.5 Å². The zero-order chi connectivity index (χ0) is 23.9. The normalized spacial score (nSPS) is 14.0. The summed E-state index contributed by atoms with van der Waals surface area (Å²) in [4.78, 5) is 31.1. The van der Waals surface area contributed by atoms with Crippen LogP contribution in [-0.2, 0) is 0 Å². The van der Waals surface area contributed by atoms with E-state index >= 15 is 0 Å². The zero-order valence-electron chi connectivity index (χ0n) is 18.3. The number of nitrogens with zero attached hydrogens (tertiary/aromatic N) is 3. The Kier molecular flexibility index (Phi) is 8.02. The van der Waals surface area contributed by atoms with Crippen LogP contribution < -0.4 is 20.3 Å². The van der Waals surface area contributed by atoms with E-state index in [0.717, 1.165) is 32.4 Å². The third-order valence-electron chi connectivity index (χ3n) is 5.69. The van der Waals surface area contributed by atoms with Crippen molar-refractivity contribution in [2.24, 2.45) is 5.92 Å². The lowest BCUT2D eigenvalue weighted by molar-refractivity contribution is 0.102. The predicted molar refractivity (Wildman–Crippen MR) is 134 cm³/mol. The van der Waals surface area contributed by atoms with Gasteiger partial charge in [-0.05, 0) is 65.4 Å². The molecule has 2 aromatic heterocycles. The fourth-order valence-electron chi connectivity index (χ4n) is 3.83. The van der Waals surface area contributed by atoms with Gasteiger partial charge in [-0.1, -0.05) is 23.7 Å². The molecule has 0 radical (unpaired) electrons. The van der Waals surface area contributed by atoms with Crippen molar-refractivity contribution in [2.45, 2.75) is 19.3 Å². The van der Waals surface area contributed by atoms with Crippen LogP contribution in [0.2, 0.25) is 5.02 Å². The Morgan fingerprint density at radius 3 is 2.65 bits per heavy atom. The summed E-state index contributed by atoms with van der Waals surface area (Å²) < 4.78 is 5.60. The number of anilines is 2. The number of halogens is 2. The summed E-state index contributed by atoms with van der Waals surface area (Å²) in [6.07, 6.45) is 6.02. The smallest absolute Gasteiger partial charge is 0.388 e. The topological polar surface area (TPSA) is 112 Å². The Labute approximate surface area is 210 Å². The van der Waals surface area contributed by atoms with Gasteiger partial charge in [-0.2, -0.15) is 0 Å². The molecule has 34 heavy (non-hydrogen) atoms. The molecule has 0 saturated carbocycles. The number of hydrogen-bond donors (Lipinski definition) is 3. The van der Waals surface area contributed by atoms with Crippen LogP contribution in [0.1, 0.15) is 29.6 Å². The molecule has 4 rings (SSSR count). The highest BCUT2D eigenvalue weighted by atomic mass is 79.9. The molecule has 11 heteroatoms. The Morgan fingerprint density at radius 2 is 1.91 bits per heavy atom. The molecule has 3 heterocycles. The minimum Gasteiger partial charge on any atom is -0.388 e. The molecule has 0 bridgehead atoms. The van der Waals surface area contributed by atoms with Crippen LogP contribution in [0, 0.1) is 5.92 Å². The predicted octanol–water partition coefficient (Wildman–Crippen LogP) is 4.87. The molecule has 178 valence electrons. The summed E-state index contributed by atoms with van der Waals surface area (Å²) in [5, 5.41) is 12.3. The number of pyridine rings is 1. The van der Waals surface area contributed by atoms with Crippen LogP contribution in [0.15, 0.2) is 53.3 Å². The lowest BCUT2D eigenvalue weighted by Gasteiger charge is -2.33. The van der Waals surface area contributed by atoms with E-state index in [1.165, 1.54) is 5.69 Å². The van der Waals surface area contributed by atoms with Gasteiger partial charge in [0, 0.05) is 37.7 Å². The maximum absolute atomic E-state index is 12.4. The summed E-state index contributed by atoms with van der Waals surface area (Å²) in [5.74, 6) is 0.411. The Morgan fingerprint density at radius 1 is 1.18 bits per heavy atom. The maximum atomic E-state index is 12.4. The lowest BCUT2D eigenvalue weighted by atomic mass is 9.93. The fourth-order valence-corrected chi connectivity index (χ4v) is 4.40. The van der Waals surface area contributed by atoms with Gasteiger partial charge in [0.2, 0.25) is 0 Å². The van der Waals surface area contributed by atoms with Crippen LogP contribution in [0.5, 0.6) is 5.88 Å². The Hall–Kier alpha value is -3.11. The number of amides is 2. The zero-order valence-corrected chi connectivity index (χ0v) is 20.6. The first-order valence-electron chi connectivity index (χ1n) is 10.9. The van der Waals surface area contributed by atoms with Crippen molar-refractivity contribution in [3.63, 3.8) is 0 Å². The van der Waals surface area contributed by atoms with Crippen molar-refractivity contribution in [1.82, 2.24) is 20.5 Å². The van der Waals surface area contributed by atoms with E-state index in [4.69, 9.17) is 16.3 Å². The Bertz CT molecular complexity index is 1130. The molecule has 1 fully saturated rings. The standard InChI is InChI=1S/C23H24BrClN6O3/c24-19-20(28-21(32)17-3-1-2-4-18(17)25)29-30-22(19)34-23(33)27-12-5-15-8-13-31(14-9-15)16-6-10-26-11-7-16/h1-4,6-7,10-11,15H,5,8-9,12-14H2,(H,27,33)(H2,28,29,30,32). The minimum atomic E-state index is -0.606. The molecule has 1 aliphatic rings.